The fraction of sp³-hybridized carbons (Fsp3) is 0.632. The molecule has 1 atom stereocenters. The number of aliphatic hydroxyl groups excluding tert-OH is 1. The van der Waals surface area contributed by atoms with Crippen LogP contribution in [0.4, 0.5) is 4.79 Å². The van der Waals surface area contributed by atoms with E-state index in [1.165, 1.54) is 5.56 Å². The summed E-state index contributed by atoms with van der Waals surface area (Å²) in [6.45, 7) is 11.1. The number of carbonyl (C=O) groups is 1. The maximum atomic E-state index is 12.1. The quantitative estimate of drug-likeness (QED) is 0.920. The second-order valence-electron chi connectivity index (χ2n) is 7.38. The van der Waals surface area contributed by atoms with Crippen molar-refractivity contribution in [1.29, 1.82) is 0 Å². The molecule has 0 radical (unpaired) electrons. The standard InChI is InChI=1S/C19H30N2O3/c1-5-15-6-8-16(9-7-15)17(22)14-20-10-12-21(13-11-20)18(23)24-19(2,3)4/h6-9,17,22H,5,10-14H2,1-4H3. The molecule has 134 valence electrons. The predicted molar refractivity (Wildman–Crippen MR) is 95.0 cm³/mol. The zero-order valence-corrected chi connectivity index (χ0v) is 15.3. The molecule has 1 aromatic rings. The van der Waals surface area contributed by atoms with Crippen LogP contribution in [0.2, 0.25) is 0 Å². The van der Waals surface area contributed by atoms with Crippen LogP contribution in [-0.4, -0.2) is 59.3 Å². The molecule has 1 aliphatic heterocycles. The summed E-state index contributed by atoms with van der Waals surface area (Å²) in [5.41, 5.74) is 1.76. The number of rotatable bonds is 4. The number of β-amino-alcohol motifs (C(OH)–C–C–N with tert-alkyl or cyclic N) is 1. The number of aliphatic hydroxyl groups is 1. The van der Waals surface area contributed by atoms with Crippen molar-refractivity contribution in [1.82, 2.24) is 9.80 Å². The van der Waals surface area contributed by atoms with Gasteiger partial charge in [0.2, 0.25) is 0 Å². The Morgan fingerprint density at radius 2 is 1.75 bits per heavy atom. The molecule has 0 aliphatic carbocycles. The van der Waals surface area contributed by atoms with Gasteiger partial charge in [0.1, 0.15) is 5.60 Å². The SMILES string of the molecule is CCc1ccc(C(O)CN2CCN(C(=O)OC(C)(C)C)CC2)cc1. The molecular weight excluding hydrogens is 304 g/mol. The van der Waals surface area contributed by atoms with E-state index in [1.54, 1.807) is 4.90 Å². The summed E-state index contributed by atoms with van der Waals surface area (Å²) in [6, 6.07) is 8.14. The fourth-order valence-electron chi connectivity index (χ4n) is 2.76. The lowest BCUT2D eigenvalue weighted by molar-refractivity contribution is 0.0101. The van der Waals surface area contributed by atoms with Gasteiger partial charge in [-0.3, -0.25) is 4.90 Å². The Balaban J connectivity index is 1.80. The van der Waals surface area contributed by atoms with E-state index in [2.05, 4.69) is 24.0 Å². The smallest absolute Gasteiger partial charge is 0.410 e. The number of carbonyl (C=O) groups excluding carboxylic acids is 1. The van der Waals surface area contributed by atoms with Crippen LogP contribution in [0, 0.1) is 0 Å². The third-order valence-electron chi connectivity index (χ3n) is 4.23. The molecule has 0 bridgehead atoms. The van der Waals surface area contributed by atoms with Gasteiger partial charge in [0.05, 0.1) is 6.10 Å². The van der Waals surface area contributed by atoms with Crippen molar-refractivity contribution in [2.24, 2.45) is 0 Å². The highest BCUT2D eigenvalue weighted by molar-refractivity contribution is 5.68. The third-order valence-corrected chi connectivity index (χ3v) is 4.23. The average molecular weight is 334 g/mol. The maximum absolute atomic E-state index is 12.1. The van der Waals surface area contributed by atoms with Gasteiger partial charge in [0.15, 0.2) is 0 Å². The van der Waals surface area contributed by atoms with Crippen LogP contribution in [0.25, 0.3) is 0 Å². The van der Waals surface area contributed by atoms with Gasteiger partial charge in [0, 0.05) is 32.7 Å². The Bertz CT molecular complexity index is 529. The summed E-state index contributed by atoms with van der Waals surface area (Å²) >= 11 is 0. The van der Waals surface area contributed by atoms with E-state index in [1.807, 2.05) is 32.9 Å². The van der Waals surface area contributed by atoms with Gasteiger partial charge in [0.25, 0.3) is 0 Å². The number of aryl methyl sites for hydroxylation is 1. The molecular formula is C19H30N2O3. The Labute approximate surface area is 145 Å². The van der Waals surface area contributed by atoms with Crippen LogP contribution >= 0.6 is 0 Å². The molecule has 5 nitrogen and oxygen atoms in total. The van der Waals surface area contributed by atoms with Crippen molar-refractivity contribution in [3.8, 4) is 0 Å². The first kappa shape index (κ1) is 18.7. The summed E-state index contributed by atoms with van der Waals surface area (Å²) in [4.78, 5) is 16.0. The molecule has 1 saturated heterocycles. The van der Waals surface area contributed by atoms with Gasteiger partial charge in [-0.2, -0.15) is 0 Å². The minimum Gasteiger partial charge on any atom is -0.444 e. The number of benzene rings is 1. The minimum atomic E-state index is -0.496. The van der Waals surface area contributed by atoms with E-state index < -0.39 is 11.7 Å². The van der Waals surface area contributed by atoms with Crippen molar-refractivity contribution in [3.63, 3.8) is 0 Å². The Morgan fingerprint density at radius 1 is 1.17 bits per heavy atom. The van der Waals surface area contributed by atoms with E-state index >= 15 is 0 Å². The van der Waals surface area contributed by atoms with Gasteiger partial charge in [-0.15, -0.1) is 0 Å². The Morgan fingerprint density at radius 3 is 2.25 bits per heavy atom. The summed E-state index contributed by atoms with van der Waals surface area (Å²) < 4.78 is 5.40. The molecule has 5 heteroatoms. The number of piperazine rings is 1. The lowest BCUT2D eigenvalue weighted by Gasteiger charge is -2.36. The van der Waals surface area contributed by atoms with E-state index in [-0.39, 0.29) is 6.09 Å². The molecule has 1 amide bonds. The summed E-state index contributed by atoms with van der Waals surface area (Å²) in [6.07, 6.45) is 0.255. The first-order valence-corrected chi connectivity index (χ1v) is 8.75. The summed E-state index contributed by atoms with van der Waals surface area (Å²) in [5.74, 6) is 0. The van der Waals surface area contributed by atoms with Crippen molar-refractivity contribution in [3.05, 3.63) is 35.4 Å². The highest BCUT2D eigenvalue weighted by Gasteiger charge is 2.26. The van der Waals surface area contributed by atoms with Crippen LogP contribution in [0.5, 0.6) is 0 Å². The number of amides is 1. The van der Waals surface area contributed by atoms with Crippen molar-refractivity contribution in [2.45, 2.75) is 45.8 Å². The van der Waals surface area contributed by atoms with Gasteiger partial charge < -0.3 is 14.7 Å². The highest BCUT2D eigenvalue weighted by Crippen LogP contribution is 2.17. The second-order valence-corrected chi connectivity index (χ2v) is 7.38. The highest BCUT2D eigenvalue weighted by atomic mass is 16.6. The minimum absolute atomic E-state index is 0.252. The topological polar surface area (TPSA) is 53.0 Å². The van der Waals surface area contributed by atoms with Crippen LogP contribution in [0.3, 0.4) is 0 Å². The second kappa shape index (κ2) is 7.99. The molecule has 0 spiro atoms. The average Bonchev–Trinajstić information content (AvgIpc) is 2.54. The molecule has 1 fully saturated rings. The number of hydrogen-bond donors (Lipinski definition) is 1. The molecule has 1 heterocycles. The van der Waals surface area contributed by atoms with Gasteiger partial charge >= 0.3 is 6.09 Å². The monoisotopic (exact) mass is 334 g/mol. The molecule has 0 saturated carbocycles. The molecule has 0 aromatic heterocycles. The number of nitrogens with zero attached hydrogens (tertiary/aromatic N) is 2. The fourth-order valence-corrected chi connectivity index (χ4v) is 2.76. The summed E-state index contributed by atoms with van der Waals surface area (Å²) in [7, 11) is 0. The molecule has 1 unspecified atom stereocenters. The van der Waals surface area contributed by atoms with Crippen molar-refractivity contribution in [2.75, 3.05) is 32.7 Å². The molecule has 24 heavy (non-hydrogen) atoms. The van der Waals surface area contributed by atoms with Crippen LogP contribution in [0.1, 0.15) is 44.9 Å². The molecule has 1 aliphatic rings. The van der Waals surface area contributed by atoms with Gasteiger partial charge in [-0.1, -0.05) is 31.2 Å². The van der Waals surface area contributed by atoms with Crippen LogP contribution in [-0.2, 0) is 11.2 Å². The van der Waals surface area contributed by atoms with E-state index in [4.69, 9.17) is 4.74 Å². The summed E-state index contributed by atoms with van der Waals surface area (Å²) in [5, 5.41) is 10.4. The Kier molecular flexibility index (Phi) is 6.24. The zero-order valence-electron chi connectivity index (χ0n) is 15.3. The van der Waals surface area contributed by atoms with E-state index in [9.17, 15) is 9.90 Å². The van der Waals surface area contributed by atoms with Gasteiger partial charge in [-0.25, -0.2) is 4.79 Å². The number of ether oxygens (including phenoxy) is 1. The van der Waals surface area contributed by atoms with Crippen molar-refractivity contribution >= 4 is 6.09 Å². The van der Waals surface area contributed by atoms with Gasteiger partial charge in [-0.05, 0) is 38.3 Å². The normalized spacial score (nSPS) is 17.6. The van der Waals surface area contributed by atoms with E-state index in [0.717, 1.165) is 25.1 Å². The third kappa shape index (κ3) is 5.49. The first-order valence-electron chi connectivity index (χ1n) is 8.75. The lowest BCUT2D eigenvalue weighted by atomic mass is 10.1. The van der Waals surface area contributed by atoms with Crippen LogP contribution < -0.4 is 0 Å². The Hall–Kier alpha value is -1.59. The lowest BCUT2D eigenvalue weighted by Crippen LogP contribution is -2.50. The molecule has 1 N–H and O–H groups in total. The van der Waals surface area contributed by atoms with Crippen LogP contribution in [0.15, 0.2) is 24.3 Å². The first-order chi connectivity index (χ1) is 11.3. The molecule has 2 rings (SSSR count). The maximum Gasteiger partial charge on any atom is 0.410 e. The molecule has 1 aromatic carbocycles. The van der Waals surface area contributed by atoms with Crippen molar-refractivity contribution < 1.29 is 14.6 Å². The predicted octanol–water partition coefficient (Wildman–Crippen LogP) is 2.84. The van der Waals surface area contributed by atoms with E-state index in [0.29, 0.717) is 19.6 Å². The zero-order chi connectivity index (χ0) is 17.7. The largest absolute Gasteiger partial charge is 0.444 e. The number of hydrogen-bond acceptors (Lipinski definition) is 4.